The Morgan fingerprint density at radius 3 is 2.44 bits per heavy atom. The highest BCUT2D eigenvalue weighted by Crippen LogP contribution is 2.33. The highest BCUT2D eigenvalue weighted by Gasteiger charge is 2.31. The van der Waals surface area contributed by atoms with Gasteiger partial charge in [0.2, 0.25) is 5.88 Å². The summed E-state index contributed by atoms with van der Waals surface area (Å²) >= 11 is 0. The van der Waals surface area contributed by atoms with Gasteiger partial charge in [0, 0.05) is 37.3 Å². The molecular formula is C33H29F4N3O5. The van der Waals surface area contributed by atoms with Crippen molar-refractivity contribution in [3.05, 3.63) is 107 Å². The molecule has 2 aromatic heterocycles. The molecule has 0 saturated carbocycles. The highest BCUT2D eigenvalue weighted by atomic mass is 19.4. The molecule has 3 aromatic carbocycles. The summed E-state index contributed by atoms with van der Waals surface area (Å²) in [5.74, 6) is 0.0355. The molecule has 0 aliphatic carbocycles. The van der Waals surface area contributed by atoms with Crippen LogP contribution in [0.4, 0.5) is 17.6 Å². The van der Waals surface area contributed by atoms with Gasteiger partial charge in [0.15, 0.2) is 0 Å². The van der Waals surface area contributed by atoms with E-state index in [0.29, 0.717) is 52.4 Å². The van der Waals surface area contributed by atoms with Crippen molar-refractivity contribution in [1.82, 2.24) is 14.5 Å². The Morgan fingerprint density at radius 1 is 0.911 bits per heavy atom. The van der Waals surface area contributed by atoms with Crippen LogP contribution in [0.1, 0.15) is 32.9 Å². The number of nitrogens with zero attached hydrogens (tertiary/aromatic N) is 3. The van der Waals surface area contributed by atoms with Gasteiger partial charge in [-0.15, -0.1) is 0 Å². The lowest BCUT2D eigenvalue weighted by Crippen LogP contribution is -2.10. The average Bonchev–Trinajstić information content (AvgIpc) is 3.38. The smallest absolute Gasteiger partial charge is 0.416 e. The maximum Gasteiger partial charge on any atom is 0.416 e. The number of carbonyl (C=O) groups excluding carboxylic acids is 1. The second kappa shape index (κ2) is 13.3. The van der Waals surface area contributed by atoms with Crippen LogP contribution in [0.15, 0.2) is 72.8 Å². The summed E-state index contributed by atoms with van der Waals surface area (Å²) < 4.78 is 78.0. The van der Waals surface area contributed by atoms with E-state index >= 15 is 4.39 Å². The predicted molar refractivity (Wildman–Crippen MR) is 158 cm³/mol. The largest absolute Gasteiger partial charge is 0.496 e. The van der Waals surface area contributed by atoms with E-state index in [0.717, 1.165) is 12.1 Å². The first-order valence-corrected chi connectivity index (χ1v) is 13.8. The van der Waals surface area contributed by atoms with Gasteiger partial charge in [0.05, 0.1) is 48.7 Å². The van der Waals surface area contributed by atoms with Gasteiger partial charge in [-0.1, -0.05) is 18.2 Å². The Morgan fingerprint density at radius 2 is 1.73 bits per heavy atom. The molecule has 12 heteroatoms. The molecule has 8 nitrogen and oxygen atoms in total. The molecule has 0 radical (unpaired) electrons. The van der Waals surface area contributed by atoms with Gasteiger partial charge in [-0.3, -0.25) is 0 Å². The average molecular weight is 624 g/mol. The van der Waals surface area contributed by atoms with Crippen LogP contribution in [-0.2, 0) is 35.2 Å². The number of hydrogen-bond acceptors (Lipinski definition) is 7. The van der Waals surface area contributed by atoms with Gasteiger partial charge in [-0.25, -0.2) is 19.2 Å². The number of pyridine rings is 1. The third-order valence-electron chi connectivity index (χ3n) is 7.17. The van der Waals surface area contributed by atoms with Gasteiger partial charge in [0.25, 0.3) is 0 Å². The number of fused-ring (bicyclic) bond motifs is 1. The Kier molecular flexibility index (Phi) is 9.33. The van der Waals surface area contributed by atoms with Crippen molar-refractivity contribution in [2.24, 2.45) is 0 Å². The molecule has 0 amide bonds. The molecule has 0 fully saturated rings. The Labute approximate surface area is 256 Å². The molecule has 0 aliphatic rings. The summed E-state index contributed by atoms with van der Waals surface area (Å²) in [7, 11) is 4.25. The molecule has 5 rings (SSSR count). The van der Waals surface area contributed by atoms with Crippen molar-refractivity contribution in [3.63, 3.8) is 0 Å². The van der Waals surface area contributed by atoms with Crippen LogP contribution in [-0.4, -0.2) is 48.4 Å². The lowest BCUT2D eigenvalue weighted by Gasteiger charge is -2.14. The summed E-state index contributed by atoms with van der Waals surface area (Å²) in [5.41, 5.74) is 2.39. The number of hydrogen-bond donors (Lipinski definition) is 0. The van der Waals surface area contributed by atoms with E-state index in [1.165, 1.54) is 26.4 Å². The van der Waals surface area contributed by atoms with Crippen molar-refractivity contribution < 1.29 is 41.3 Å². The minimum atomic E-state index is -4.51. The van der Waals surface area contributed by atoms with Crippen LogP contribution in [0.3, 0.4) is 0 Å². The number of carbonyl (C=O) groups is 1. The molecule has 0 bridgehead atoms. The SMILES string of the molecule is COCCn1c(Cc2ccc(-c3cccc(OCc4cc(C(F)(F)F)ccc4OC)n3)cc2F)nc2ccc(C(=O)OC)cc21. The van der Waals surface area contributed by atoms with Gasteiger partial charge in [0.1, 0.15) is 24.0 Å². The van der Waals surface area contributed by atoms with E-state index in [9.17, 15) is 18.0 Å². The molecular weight excluding hydrogens is 594 g/mol. The molecule has 45 heavy (non-hydrogen) atoms. The minimum Gasteiger partial charge on any atom is -0.496 e. The molecule has 0 aliphatic heterocycles. The molecule has 0 N–H and O–H groups in total. The van der Waals surface area contributed by atoms with E-state index in [-0.39, 0.29) is 30.2 Å². The quantitative estimate of drug-likeness (QED) is 0.117. The highest BCUT2D eigenvalue weighted by molar-refractivity contribution is 5.93. The van der Waals surface area contributed by atoms with E-state index < -0.39 is 23.5 Å². The molecule has 0 atom stereocenters. The van der Waals surface area contributed by atoms with Crippen LogP contribution >= 0.6 is 0 Å². The zero-order valence-corrected chi connectivity index (χ0v) is 24.7. The van der Waals surface area contributed by atoms with Crippen LogP contribution < -0.4 is 9.47 Å². The van der Waals surface area contributed by atoms with Crippen molar-refractivity contribution in [1.29, 1.82) is 0 Å². The van der Waals surface area contributed by atoms with Crippen LogP contribution in [0.25, 0.3) is 22.3 Å². The van der Waals surface area contributed by atoms with Gasteiger partial charge < -0.3 is 23.5 Å². The van der Waals surface area contributed by atoms with Crippen LogP contribution in [0.2, 0.25) is 0 Å². The first-order valence-electron chi connectivity index (χ1n) is 13.8. The first-order chi connectivity index (χ1) is 21.6. The number of benzene rings is 3. The Balaban J connectivity index is 1.37. The fraction of sp³-hybridized carbons (Fsp3) is 0.242. The van der Waals surface area contributed by atoms with E-state index in [2.05, 4.69) is 9.97 Å². The third kappa shape index (κ3) is 7.07. The second-order valence-electron chi connectivity index (χ2n) is 10.0. The fourth-order valence-corrected chi connectivity index (χ4v) is 4.88. The lowest BCUT2D eigenvalue weighted by atomic mass is 10.1. The summed E-state index contributed by atoms with van der Waals surface area (Å²) in [6.07, 6.45) is -4.34. The van der Waals surface area contributed by atoms with Gasteiger partial charge >= 0.3 is 12.1 Å². The third-order valence-corrected chi connectivity index (χ3v) is 7.17. The van der Waals surface area contributed by atoms with Crippen molar-refractivity contribution in [3.8, 4) is 22.9 Å². The topological polar surface area (TPSA) is 84.7 Å². The molecule has 0 spiro atoms. The number of rotatable bonds is 11. The van der Waals surface area contributed by atoms with E-state index in [1.807, 2.05) is 4.57 Å². The predicted octanol–water partition coefficient (Wildman–Crippen LogP) is 6.87. The summed E-state index contributed by atoms with van der Waals surface area (Å²) in [6, 6.07) is 17.8. The Hall–Kier alpha value is -4.97. The van der Waals surface area contributed by atoms with Crippen molar-refractivity contribution in [2.45, 2.75) is 25.7 Å². The molecule has 234 valence electrons. The number of esters is 1. The number of alkyl halides is 3. The number of ether oxygens (including phenoxy) is 4. The molecule has 0 saturated heterocycles. The van der Waals surface area contributed by atoms with Gasteiger partial charge in [-0.2, -0.15) is 13.2 Å². The number of halogens is 4. The van der Waals surface area contributed by atoms with E-state index in [1.54, 1.807) is 55.6 Å². The van der Waals surface area contributed by atoms with Crippen LogP contribution in [0.5, 0.6) is 11.6 Å². The van der Waals surface area contributed by atoms with E-state index in [4.69, 9.17) is 18.9 Å². The van der Waals surface area contributed by atoms with Crippen molar-refractivity contribution >= 4 is 17.0 Å². The Bertz CT molecular complexity index is 1840. The van der Waals surface area contributed by atoms with Crippen LogP contribution in [0, 0.1) is 5.82 Å². The number of methoxy groups -OCH3 is 3. The maximum absolute atomic E-state index is 15.5. The van der Waals surface area contributed by atoms with Crippen molar-refractivity contribution in [2.75, 3.05) is 27.9 Å². The monoisotopic (exact) mass is 623 g/mol. The molecule has 0 unspecified atom stereocenters. The standard InChI is InChI=1S/C33H29F4N3O5/c1-42-14-13-40-28-17-22(32(41)44-3)9-11-27(28)38-30(40)18-20-7-8-21(16-25(20)34)26-5-4-6-31(39-26)45-19-23-15-24(33(35,36)37)10-12-29(23)43-2/h4-12,15-17H,13-14,18-19H2,1-3H3. The van der Waals surface area contributed by atoms with Gasteiger partial charge in [-0.05, 0) is 54.1 Å². The minimum absolute atomic E-state index is 0.148. The zero-order valence-electron chi connectivity index (χ0n) is 24.7. The lowest BCUT2D eigenvalue weighted by molar-refractivity contribution is -0.137. The fourth-order valence-electron chi connectivity index (χ4n) is 4.88. The molecule has 5 aromatic rings. The summed E-state index contributed by atoms with van der Waals surface area (Å²) in [4.78, 5) is 21.2. The first kappa shape index (κ1) is 31.5. The zero-order chi connectivity index (χ0) is 32.1. The second-order valence-corrected chi connectivity index (χ2v) is 10.0. The summed E-state index contributed by atoms with van der Waals surface area (Å²) in [5, 5.41) is 0. The summed E-state index contributed by atoms with van der Waals surface area (Å²) in [6.45, 7) is 0.602. The number of imidazole rings is 1. The molecule has 2 heterocycles. The number of aromatic nitrogens is 3. The maximum atomic E-state index is 15.5. The normalized spacial score (nSPS) is 11.5.